The van der Waals surface area contributed by atoms with Gasteiger partial charge in [-0.3, -0.25) is 4.90 Å². The Morgan fingerprint density at radius 2 is 1.72 bits per heavy atom. The summed E-state index contributed by atoms with van der Waals surface area (Å²) in [4.78, 5) is 5.11. The quantitative estimate of drug-likeness (QED) is 0.563. The van der Waals surface area contributed by atoms with Crippen molar-refractivity contribution < 1.29 is 18.9 Å². The molecule has 3 rings (SSSR count). The molecule has 1 aromatic carbocycles. The Kier molecular flexibility index (Phi) is 9.05. The van der Waals surface area contributed by atoms with Crippen LogP contribution in [-0.2, 0) is 16.0 Å². The maximum absolute atomic E-state index is 5.95. The van der Waals surface area contributed by atoms with E-state index in [2.05, 4.69) is 21.9 Å². The Morgan fingerprint density at radius 1 is 1.00 bits per heavy atom. The molecule has 2 aliphatic heterocycles. The fourth-order valence-electron chi connectivity index (χ4n) is 4.47. The average molecular weight is 407 g/mol. The number of benzene rings is 1. The van der Waals surface area contributed by atoms with Gasteiger partial charge in [-0.25, -0.2) is 0 Å². The van der Waals surface area contributed by atoms with E-state index in [0.29, 0.717) is 6.10 Å². The second-order valence-corrected chi connectivity index (χ2v) is 8.33. The molecule has 0 aliphatic carbocycles. The zero-order chi connectivity index (χ0) is 20.5. The first-order valence-electron chi connectivity index (χ1n) is 11.0. The Hall–Kier alpha value is -1.34. The summed E-state index contributed by atoms with van der Waals surface area (Å²) in [5.74, 6) is 2.44. The molecule has 1 atom stereocenters. The van der Waals surface area contributed by atoms with Gasteiger partial charge >= 0.3 is 0 Å². The molecule has 2 heterocycles. The topological polar surface area (TPSA) is 43.4 Å². The lowest BCUT2D eigenvalue weighted by molar-refractivity contribution is 0.0551. The largest absolute Gasteiger partial charge is 0.497 e. The molecule has 6 nitrogen and oxygen atoms in total. The maximum atomic E-state index is 5.95. The van der Waals surface area contributed by atoms with Gasteiger partial charge in [-0.15, -0.1) is 0 Å². The average Bonchev–Trinajstić information content (AvgIpc) is 3.26. The fourth-order valence-corrected chi connectivity index (χ4v) is 4.47. The second kappa shape index (κ2) is 11.7. The van der Waals surface area contributed by atoms with E-state index in [-0.39, 0.29) is 0 Å². The normalized spacial score (nSPS) is 21.0. The van der Waals surface area contributed by atoms with Crippen LogP contribution in [0.4, 0.5) is 0 Å². The van der Waals surface area contributed by atoms with E-state index in [4.69, 9.17) is 18.9 Å². The Morgan fingerprint density at radius 3 is 2.31 bits per heavy atom. The second-order valence-electron chi connectivity index (χ2n) is 8.33. The smallest absolute Gasteiger partial charge is 0.122 e. The predicted molar refractivity (Wildman–Crippen MR) is 115 cm³/mol. The van der Waals surface area contributed by atoms with Gasteiger partial charge in [-0.1, -0.05) is 0 Å². The third kappa shape index (κ3) is 7.14. The lowest BCUT2D eigenvalue weighted by atomic mass is 9.95. The molecule has 0 aromatic heterocycles. The fraction of sp³-hybridized carbons (Fsp3) is 0.739. The summed E-state index contributed by atoms with van der Waals surface area (Å²) in [7, 11) is 5.20. The van der Waals surface area contributed by atoms with Gasteiger partial charge in [0.15, 0.2) is 0 Å². The lowest BCUT2D eigenvalue weighted by Gasteiger charge is -2.35. The Balaban J connectivity index is 1.61. The van der Waals surface area contributed by atoms with Crippen LogP contribution in [0.2, 0.25) is 0 Å². The van der Waals surface area contributed by atoms with E-state index in [1.54, 1.807) is 21.3 Å². The van der Waals surface area contributed by atoms with Crippen LogP contribution in [0.15, 0.2) is 18.2 Å². The highest BCUT2D eigenvalue weighted by molar-refractivity contribution is 5.38. The number of hydrogen-bond donors (Lipinski definition) is 0. The molecule has 2 aliphatic rings. The molecule has 1 aromatic rings. The van der Waals surface area contributed by atoms with Crippen LogP contribution in [0.25, 0.3) is 0 Å². The molecule has 0 spiro atoms. The number of nitrogens with zero attached hydrogens (tertiary/aromatic N) is 2. The molecule has 0 bridgehead atoms. The van der Waals surface area contributed by atoms with Crippen molar-refractivity contribution in [1.29, 1.82) is 0 Å². The zero-order valence-electron chi connectivity index (χ0n) is 18.4. The summed E-state index contributed by atoms with van der Waals surface area (Å²) in [6, 6.07) is 6.18. The molecule has 0 amide bonds. The minimum atomic E-state index is 0.365. The number of ether oxygens (including phenoxy) is 4. The first kappa shape index (κ1) is 22.3. The molecule has 1 unspecified atom stereocenters. The van der Waals surface area contributed by atoms with Crippen molar-refractivity contribution in [3.63, 3.8) is 0 Å². The summed E-state index contributed by atoms with van der Waals surface area (Å²) in [5.41, 5.74) is 1.23. The van der Waals surface area contributed by atoms with Gasteiger partial charge in [0.1, 0.15) is 11.5 Å². The summed E-state index contributed by atoms with van der Waals surface area (Å²) < 4.78 is 22.1. The molecule has 2 saturated heterocycles. The van der Waals surface area contributed by atoms with Gasteiger partial charge in [0.05, 0.1) is 26.9 Å². The van der Waals surface area contributed by atoms with Crippen molar-refractivity contribution in [2.75, 3.05) is 67.3 Å². The van der Waals surface area contributed by atoms with Crippen molar-refractivity contribution in [3.05, 3.63) is 23.8 Å². The van der Waals surface area contributed by atoms with Gasteiger partial charge in [0.2, 0.25) is 0 Å². The van der Waals surface area contributed by atoms with Gasteiger partial charge in [0.25, 0.3) is 0 Å². The van der Waals surface area contributed by atoms with Crippen molar-refractivity contribution in [3.8, 4) is 11.5 Å². The van der Waals surface area contributed by atoms with Crippen LogP contribution < -0.4 is 9.47 Å². The molecule has 164 valence electrons. The molecule has 0 N–H and O–H groups in total. The third-order valence-electron chi connectivity index (χ3n) is 6.14. The maximum Gasteiger partial charge on any atom is 0.122 e. The monoisotopic (exact) mass is 406 g/mol. The van der Waals surface area contributed by atoms with Crippen molar-refractivity contribution in [2.45, 2.75) is 38.3 Å². The van der Waals surface area contributed by atoms with E-state index in [0.717, 1.165) is 56.8 Å². The Bertz CT molecular complexity index is 576. The van der Waals surface area contributed by atoms with Gasteiger partial charge in [0, 0.05) is 46.0 Å². The number of likely N-dealkylation sites (tertiary alicyclic amines) is 1. The van der Waals surface area contributed by atoms with E-state index in [9.17, 15) is 0 Å². The number of rotatable bonds is 11. The number of hydrogen-bond acceptors (Lipinski definition) is 6. The van der Waals surface area contributed by atoms with Gasteiger partial charge < -0.3 is 23.8 Å². The number of methoxy groups -OCH3 is 3. The van der Waals surface area contributed by atoms with E-state index in [1.165, 1.54) is 44.3 Å². The highest BCUT2D eigenvalue weighted by atomic mass is 16.5. The van der Waals surface area contributed by atoms with Crippen LogP contribution in [0.5, 0.6) is 11.5 Å². The molecular weight excluding hydrogens is 368 g/mol. The van der Waals surface area contributed by atoms with Gasteiger partial charge in [-0.2, -0.15) is 0 Å². The van der Waals surface area contributed by atoms with Crippen LogP contribution >= 0.6 is 0 Å². The summed E-state index contributed by atoms with van der Waals surface area (Å²) in [6.07, 6.45) is 5.24. The van der Waals surface area contributed by atoms with Crippen molar-refractivity contribution in [2.24, 2.45) is 5.92 Å². The van der Waals surface area contributed by atoms with E-state index < -0.39 is 0 Å². The minimum absolute atomic E-state index is 0.365. The highest BCUT2D eigenvalue weighted by Gasteiger charge is 2.25. The molecule has 6 heteroatoms. The third-order valence-corrected chi connectivity index (χ3v) is 6.14. The molecule has 2 fully saturated rings. The summed E-state index contributed by atoms with van der Waals surface area (Å²) >= 11 is 0. The molecule has 0 saturated carbocycles. The Labute approximate surface area is 176 Å². The van der Waals surface area contributed by atoms with Crippen LogP contribution in [0.1, 0.15) is 31.2 Å². The zero-order valence-corrected chi connectivity index (χ0v) is 18.4. The lowest BCUT2D eigenvalue weighted by Crippen LogP contribution is -2.41. The predicted octanol–water partition coefficient (Wildman–Crippen LogP) is 3.04. The molecule has 0 radical (unpaired) electrons. The van der Waals surface area contributed by atoms with Crippen molar-refractivity contribution in [1.82, 2.24) is 9.80 Å². The van der Waals surface area contributed by atoms with Crippen LogP contribution in [0.3, 0.4) is 0 Å². The minimum Gasteiger partial charge on any atom is -0.497 e. The van der Waals surface area contributed by atoms with E-state index in [1.807, 2.05) is 6.07 Å². The van der Waals surface area contributed by atoms with Gasteiger partial charge in [-0.05, 0) is 62.4 Å². The van der Waals surface area contributed by atoms with Crippen molar-refractivity contribution >= 4 is 0 Å². The molecular formula is C23H38N2O4. The van der Waals surface area contributed by atoms with Crippen LogP contribution in [0, 0.1) is 5.92 Å². The summed E-state index contributed by atoms with van der Waals surface area (Å²) in [5, 5.41) is 0. The standard InChI is InChI=1S/C23H38N2O4/c1-26-12-10-24-8-6-19(7-9-24)16-25(18-21-5-4-11-29-21)17-20-13-22(27-2)15-23(14-20)28-3/h13-15,19,21H,4-12,16-18H2,1-3H3. The first-order valence-corrected chi connectivity index (χ1v) is 11.0. The SMILES string of the molecule is COCCN1CCC(CN(Cc2cc(OC)cc(OC)c2)CC2CCCO2)CC1. The van der Waals surface area contributed by atoms with E-state index >= 15 is 0 Å². The van der Waals surface area contributed by atoms with Crippen LogP contribution in [-0.4, -0.2) is 83.2 Å². The highest BCUT2D eigenvalue weighted by Crippen LogP contribution is 2.26. The summed E-state index contributed by atoms with van der Waals surface area (Å²) in [6.45, 7) is 8.16. The molecule has 29 heavy (non-hydrogen) atoms. The first-order chi connectivity index (χ1) is 14.2. The number of piperidine rings is 1.